The Labute approximate surface area is 101 Å². The van der Waals surface area contributed by atoms with E-state index in [9.17, 15) is 4.79 Å². The lowest BCUT2D eigenvalue weighted by Gasteiger charge is -2.00. The average Bonchev–Trinajstić information content (AvgIpc) is 2.65. The molecule has 16 heavy (non-hydrogen) atoms. The third kappa shape index (κ3) is 2.40. The van der Waals surface area contributed by atoms with Gasteiger partial charge in [-0.25, -0.2) is 4.98 Å². The van der Waals surface area contributed by atoms with E-state index in [1.807, 2.05) is 12.1 Å². The van der Waals surface area contributed by atoms with E-state index in [4.69, 9.17) is 16.7 Å². The van der Waals surface area contributed by atoms with Gasteiger partial charge >= 0.3 is 5.97 Å². The summed E-state index contributed by atoms with van der Waals surface area (Å²) in [6.07, 6.45) is -0.0641. The summed E-state index contributed by atoms with van der Waals surface area (Å²) < 4.78 is 0. The Balaban J connectivity index is 2.40. The second kappa shape index (κ2) is 4.63. The van der Waals surface area contributed by atoms with Gasteiger partial charge in [-0.2, -0.15) is 0 Å². The van der Waals surface area contributed by atoms with Crippen LogP contribution in [0.2, 0.25) is 5.02 Å². The van der Waals surface area contributed by atoms with Crippen molar-refractivity contribution in [2.24, 2.45) is 0 Å². The second-order valence-electron chi connectivity index (χ2n) is 3.21. The molecule has 5 heteroatoms. The number of aromatic nitrogens is 1. The third-order valence-electron chi connectivity index (χ3n) is 2.05. The molecule has 1 N–H and O–H groups in total. The molecule has 0 amide bonds. The fraction of sp³-hybridized carbons (Fsp3) is 0.0909. The number of aliphatic carboxylic acids is 1. The van der Waals surface area contributed by atoms with Crippen LogP contribution >= 0.6 is 22.9 Å². The van der Waals surface area contributed by atoms with Crippen LogP contribution in [0.15, 0.2) is 29.8 Å². The Morgan fingerprint density at radius 1 is 1.50 bits per heavy atom. The van der Waals surface area contributed by atoms with Crippen molar-refractivity contribution in [3.8, 4) is 10.4 Å². The van der Waals surface area contributed by atoms with Crippen LogP contribution in [0, 0.1) is 0 Å². The molecule has 0 aliphatic carbocycles. The summed E-state index contributed by atoms with van der Waals surface area (Å²) in [6, 6.07) is 7.32. The van der Waals surface area contributed by atoms with Gasteiger partial charge < -0.3 is 5.11 Å². The van der Waals surface area contributed by atoms with Gasteiger partial charge in [-0.3, -0.25) is 4.79 Å². The third-order valence-corrected chi connectivity index (χ3v) is 3.20. The first-order valence-electron chi connectivity index (χ1n) is 4.57. The van der Waals surface area contributed by atoms with Crippen molar-refractivity contribution in [3.05, 3.63) is 40.5 Å². The molecule has 1 aromatic carbocycles. The first-order chi connectivity index (χ1) is 7.66. The highest BCUT2D eigenvalue weighted by atomic mass is 35.5. The number of hydrogen-bond acceptors (Lipinski definition) is 3. The molecule has 0 spiro atoms. The topological polar surface area (TPSA) is 50.2 Å². The van der Waals surface area contributed by atoms with Gasteiger partial charge in [-0.15, -0.1) is 11.3 Å². The van der Waals surface area contributed by atoms with E-state index < -0.39 is 5.97 Å². The number of carbonyl (C=O) groups is 1. The molecule has 0 unspecified atom stereocenters. The lowest BCUT2D eigenvalue weighted by Crippen LogP contribution is -2.01. The normalized spacial score (nSPS) is 10.3. The van der Waals surface area contributed by atoms with Crippen molar-refractivity contribution >= 4 is 28.9 Å². The van der Waals surface area contributed by atoms with Crippen molar-refractivity contribution in [1.29, 1.82) is 0 Å². The van der Waals surface area contributed by atoms with Gasteiger partial charge in [0.1, 0.15) is 0 Å². The molecule has 0 saturated heterocycles. The Morgan fingerprint density at radius 2 is 2.31 bits per heavy atom. The van der Waals surface area contributed by atoms with Crippen LogP contribution in [0.4, 0.5) is 0 Å². The maximum atomic E-state index is 10.7. The average molecular weight is 254 g/mol. The summed E-state index contributed by atoms with van der Waals surface area (Å²) in [5.74, 6) is -0.880. The molecule has 1 heterocycles. The Kier molecular flexibility index (Phi) is 3.22. The summed E-state index contributed by atoms with van der Waals surface area (Å²) in [5.41, 5.74) is 3.14. The molecule has 0 aliphatic rings. The van der Waals surface area contributed by atoms with Gasteiger partial charge in [0.25, 0.3) is 0 Å². The first kappa shape index (κ1) is 11.1. The zero-order chi connectivity index (χ0) is 11.5. The maximum Gasteiger partial charge on any atom is 0.309 e. The number of halogens is 1. The summed E-state index contributed by atoms with van der Waals surface area (Å²) in [6.45, 7) is 0. The predicted molar refractivity (Wildman–Crippen MR) is 63.9 cm³/mol. The molecule has 2 aromatic rings. The van der Waals surface area contributed by atoms with Gasteiger partial charge in [-0.1, -0.05) is 23.7 Å². The van der Waals surface area contributed by atoms with Crippen molar-refractivity contribution in [2.45, 2.75) is 6.42 Å². The second-order valence-corrected chi connectivity index (χ2v) is 4.50. The molecular weight excluding hydrogens is 246 g/mol. The molecule has 3 nitrogen and oxygen atoms in total. The fourth-order valence-corrected chi connectivity index (χ4v) is 2.40. The number of carboxylic acids is 1. The largest absolute Gasteiger partial charge is 0.481 e. The lowest BCUT2D eigenvalue weighted by atomic mass is 10.1. The Morgan fingerprint density at radius 3 is 3.00 bits per heavy atom. The van der Waals surface area contributed by atoms with Crippen molar-refractivity contribution in [1.82, 2.24) is 4.98 Å². The van der Waals surface area contributed by atoms with E-state index in [0.717, 1.165) is 10.4 Å². The molecule has 0 bridgehead atoms. The standard InChI is InChI=1S/C11H8ClNO2S/c12-8-3-1-2-7(4-8)11-9(5-10(14)15)13-6-16-11/h1-4,6H,5H2,(H,14,15). The van der Waals surface area contributed by atoms with Crippen LogP contribution in [0.5, 0.6) is 0 Å². The minimum Gasteiger partial charge on any atom is -0.481 e. The molecular formula is C11H8ClNO2S. The van der Waals surface area contributed by atoms with Gasteiger partial charge in [0.2, 0.25) is 0 Å². The number of carboxylic acid groups (broad SMARTS) is 1. The summed E-state index contributed by atoms with van der Waals surface area (Å²) >= 11 is 7.31. The minimum atomic E-state index is -0.880. The van der Waals surface area contributed by atoms with Crippen LogP contribution in [-0.4, -0.2) is 16.1 Å². The van der Waals surface area contributed by atoms with E-state index in [-0.39, 0.29) is 6.42 Å². The Hall–Kier alpha value is -1.39. The zero-order valence-corrected chi connectivity index (χ0v) is 9.76. The van der Waals surface area contributed by atoms with Crippen molar-refractivity contribution < 1.29 is 9.90 Å². The molecule has 0 saturated carbocycles. The van der Waals surface area contributed by atoms with Gasteiger partial charge in [0, 0.05) is 5.02 Å². The fourth-order valence-electron chi connectivity index (χ4n) is 1.40. The van der Waals surface area contributed by atoms with E-state index >= 15 is 0 Å². The van der Waals surface area contributed by atoms with E-state index in [0.29, 0.717) is 10.7 Å². The molecule has 0 radical (unpaired) electrons. The highest BCUT2D eigenvalue weighted by Gasteiger charge is 2.11. The molecule has 1 aromatic heterocycles. The summed E-state index contributed by atoms with van der Waals surface area (Å²) in [4.78, 5) is 15.6. The SMILES string of the molecule is O=C(O)Cc1ncsc1-c1cccc(Cl)c1. The molecule has 2 rings (SSSR count). The van der Waals surface area contributed by atoms with Crippen LogP contribution in [0.3, 0.4) is 0 Å². The number of nitrogens with zero attached hydrogens (tertiary/aromatic N) is 1. The molecule has 0 aliphatic heterocycles. The number of rotatable bonds is 3. The quantitative estimate of drug-likeness (QED) is 0.915. The van der Waals surface area contributed by atoms with Crippen LogP contribution < -0.4 is 0 Å². The highest BCUT2D eigenvalue weighted by molar-refractivity contribution is 7.13. The molecule has 0 fully saturated rings. The van der Waals surface area contributed by atoms with Gasteiger partial charge in [0.15, 0.2) is 0 Å². The zero-order valence-electron chi connectivity index (χ0n) is 8.18. The summed E-state index contributed by atoms with van der Waals surface area (Å²) in [7, 11) is 0. The maximum absolute atomic E-state index is 10.7. The van der Waals surface area contributed by atoms with Crippen molar-refractivity contribution in [2.75, 3.05) is 0 Å². The Bertz CT molecular complexity index is 524. The van der Waals surface area contributed by atoms with E-state index in [1.54, 1.807) is 17.6 Å². The predicted octanol–water partition coefficient (Wildman–Crippen LogP) is 3.09. The summed E-state index contributed by atoms with van der Waals surface area (Å²) in [5, 5.41) is 9.38. The van der Waals surface area contributed by atoms with Crippen LogP contribution in [-0.2, 0) is 11.2 Å². The smallest absolute Gasteiger partial charge is 0.309 e. The van der Waals surface area contributed by atoms with Gasteiger partial charge in [-0.05, 0) is 17.7 Å². The molecule has 82 valence electrons. The monoisotopic (exact) mass is 253 g/mol. The molecule has 0 atom stereocenters. The first-order valence-corrected chi connectivity index (χ1v) is 5.82. The van der Waals surface area contributed by atoms with Crippen LogP contribution in [0.25, 0.3) is 10.4 Å². The number of thiazole rings is 1. The minimum absolute atomic E-state index is 0.0641. The number of hydrogen-bond donors (Lipinski definition) is 1. The highest BCUT2D eigenvalue weighted by Crippen LogP contribution is 2.29. The van der Waals surface area contributed by atoms with Crippen LogP contribution in [0.1, 0.15) is 5.69 Å². The van der Waals surface area contributed by atoms with E-state index in [1.165, 1.54) is 11.3 Å². The number of benzene rings is 1. The van der Waals surface area contributed by atoms with Crippen molar-refractivity contribution in [3.63, 3.8) is 0 Å². The van der Waals surface area contributed by atoms with E-state index in [2.05, 4.69) is 4.98 Å². The lowest BCUT2D eigenvalue weighted by molar-refractivity contribution is -0.136. The van der Waals surface area contributed by atoms with Gasteiger partial charge in [0.05, 0.1) is 22.5 Å².